The average Bonchev–Trinajstić information content (AvgIpc) is 2.32. The number of nitrogens with one attached hydrogen (secondary N) is 1. The molecule has 1 aromatic carbocycles. The molecule has 3 nitrogen and oxygen atoms in total. The zero-order valence-corrected chi connectivity index (χ0v) is 10.9. The number of ether oxygens (including phenoxy) is 2. The summed E-state index contributed by atoms with van der Waals surface area (Å²) in [6.45, 7) is -1.93. The monoisotopic (exact) mass is 317 g/mol. The van der Waals surface area contributed by atoms with Gasteiger partial charge in [-0.25, -0.2) is 0 Å². The highest BCUT2D eigenvalue weighted by atomic mass is 19.4. The first-order valence-corrected chi connectivity index (χ1v) is 5.79. The fourth-order valence-corrected chi connectivity index (χ4v) is 1.61. The molecule has 0 heterocycles. The van der Waals surface area contributed by atoms with Crippen LogP contribution in [0.2, 0.25) is 0 Å². The molecular formula is C12H13F6NO2. The lowest BCUT2D eigenvalue weighted by Gasteiger charge is -2.21. The van der Waals surface area contributed by atoms with E-state index in [1.165, 1.54) is 25.2 Å². The number of para-hydroxylation sites is 1. The van der Waals surface area contributed by atoms with Crippen LogP contribution >= 0.6 is 0 Å². The second-order valence-corrected chi connectivity index (χ2v) is 4.06. The number of hydrogen-bond donors (Lipinski definition) is 1. The largest absolute Gasteiger partial charge is 0.573 e. The molecule has 9 heteroatoms. The van der Waals surface area contributed by atoms with Crippen LogP contribution in [0.1, 0.15) is 11.6 Å². The molecule has 0 aliphatic carbocycles. The van der Waals surface area contributed by atoms with Crippen molar-refractivity contribution in [1.29, 1.82) is 0 Å². The Morgan fingerprint density at radius 3 is 2.24 bits per heavy atom. The average molecular weight is 317 g/mol. The third-order valence-corrected chi connectivity index (χ3v) is 2.42. The van der Waals surface area contributed by atoms with Gasteiger partial charge in [0.25, 0.3) is 0 Å². The van der Waals surface area contributed by atoms with E-state index < -0.39 is 37.5 Å². The summed E-state index contributed by atoms with van der Waals surface area (Å²) in [5, 5.41) is 2.59. The Labute approximate surface area is 116 Å². The highest BCUT2D eigenvalue weighted by Gasteiger charge is 2.33. The molecule has 0 aliphatic heterocycles. The number of alkyl halides is 6. The van der Waals surface area contributed by atoms with Gasteiger partial charge in [0.15, 0.2) is 0 Å². The summed E-state index contributed by atoms with van der Waals surface area (Å²) in [6, 6.07) is 4.31. The first-order chi connectivity index (χ1) is 9.62. The molecule has 0 aromatic heterocycles. The van der Waals surface area contributed by atoms with E-state index in [1.54, 1.807) is 0 Å². The topological polar surface area (TPSA) is 30.5 Å². The van der Waals surface area contributed by atoms with Gasteiger partial charge >= 0.3 is 12.5 Å². The Kier molecular flexibility index (Phi) is 5.85. The molecule has 0 radical (unpaired) electrons. The molecule has 0 saturated carbocycles. The molecule has 21 heavy (non-hydrogen) atoms. The smallest absolute Gasteiger partial charge is 0.405 e. The highest BCUT2D eigenvalue weighted by Crippen LogP contribution is 2.30. The van der Waals surface area contributed by atoms with Crippen molar-refractivity contribution in [2.75, 3.05) is 20.3 Å². The third kappa shape index (κ3) is 6.67. The van der Waals surface area contributed by atoms with Crippen LogP contribution < -0.4 is 10.1 Å². The van der Waals surface area contributed by atoms with Crippen molar-refractivity contribution in [3.63, 3.8) is 0 Å². The van der Waals surface area contributed by atoms with Crippen molar-refractivity contribution in [1.82, 2.24) is 5.32 Å². The molecule has 0 saturated heterocycles. The van der Waals surface area contributed by atoms with Crippen molar-refractivity contribution in [2.24, 2.45) is 0 Å². The maximum Gasteiger partial charge on any atom is 0.573 e. The molecule has 0 aliphatic rings. The lowest BCUT2D eigenvalue weighted by molar-refractivity contribution is -0.275. The summed E-state index contributed by atoms with van der Waals surface area (Å²) < 4.78 is 81.1. The lowest BCUT2D eigenvalue weighted by Crippen LogP contribution is -2.27. The highest BCUT2D eigenvalue weighted by molar-refractivity contribution is 5.36. The van der Waals surface area contributed by atoms with Crippen molar-refractivity contribution < 1.29 is 35.8 Å². The van der Waals surface area contributed by atoms with Crippen LogP contribution in [0.5, 0.6) is 5.75 Å². The van der Waals surface area contributed by atoms with Crippen molar-refractivity contribution >= 4 is 0 Å². The van der Waals surface area contributed by atoms with Gasteiger partial charge in [-0.1, -0.05) is 18.2 Å². The van der Waals surface area contributed by atoms with Gasteiger partial charge in [0.1, 0.15) is 12.4 Å². The summed E-state index contributed by atoms with van der Waals surface area (Å²) in [7, 11) is 1.39. The molecule has 1 N–H and O–H groups in total. The third-order valence-electron chi connectivity index (χ3n) is 2.42. The minimum absolute atomic E-state index is 0.0551. The van der Waals surface area contributed by atoms with Crippen LogP contribution in [-0.2, 0) is 4.74 Å². The van der Waals surface area contributed by atoms with Gasteiger partial charge in [-0.2, -0.15) is 13.2 Å². The molecule has 1 aromatic rings. The van der Waals surface area contributed by atoms with E-state index in [0.29, 0.717) is 0 Å². The van der Waals surface area contributed by atoms with E-state index in [9.17, 15) is 26.3 Å². The first kappa shape index (κ1) is 17.6. The number of likely N-dealkylation sites (N-methyl/N-ethyl adjacent to an activating group) is 1. The summed E-state index contributed by atoms with van der Waals surface area (Å²) in [5.41, 5.74) is 0.0551. The minimum Gasteiger partial charge on any atom is -0.405 e. The molecule has 1 atom stereocenters. The first-order valence-electron chi connectivity index (χ1n) is 5.79. The molecule has 1 unspecified atom stereocenters. The van der Waals surface area contributed by atoms with E-state index in [4.69, 9.17) is 0 Å². The van der Waals surface area contributed by atoms with E-state index in [2.05, 4.69) is 14.8 Å². The van der Waals surface area contributed by atoms with Crippen LogP contribution in [0, 0.1) is 0 Å². The normalized spacial score (nSPS) is 14.0. The maximum absolute atomic E-state index is 12.3. The second-order valence-electron chi connectivity index (χ2n) is 4.06. The quantitative estimate of drug-likeness (QED) is 0.816. The number of hydrogen-bond acceptors (Lipinski definition) is 3. The Morgan fingerprint density at radius 2 is 1.71 bits per heavy atom. The van der Waals surface area contributed by atoms with Gasteiger partial charge in [-0.05, 0) is 13.1 Å². The fraction of sp³-hybridized carbons (Fsp3) is 0.500. The van der Waals surface area contributed by atoms with E-state index in [-0.39, 0.29) is 5.56 Å². The molecule has 0 bridgehead atoms. The SMILES string of the molecule is CNC(COCC(F)(F)F)c1ccccc1OC(F)(F)F. The van der Waals surface area contributed by atoms with Crippen LogP contribution in [0.25, 0.3) is 0 Å². The molecule has 0 fully saturated rings. The van der Waals surface area contributed by atoms with Crippen molar-refractivity contribution in [3.05, 3.63) is 29.8 Å². The molecule has 1 rings (SSSR count). The predicted octanol–water partition coefficient (Wildman–Crippen LogP) is 3.42. The van der Waals surface area contributed by atoms with Gasteiger partial charge in [0.05, 0.1) is 12.6 Å². The summed E-state index contributed by atoms with van der Waals surface area (Å²) in [6.07, 6.45) is -9.39. The fourth-order valence-electron chi connectivity index (χ4n) is 1.61. The lowest BCUT2D eigenvalue weighted by atomic mass is 10.1. The minimum atomic E-state index is -4.89. The second kappa shape index (κ2) is 6.99. The zero-order valence-electron chi connectivity index (χ0n) is 10.9. The van der Waals surface area contributed by atoms with Gasteiger partial charge < -0.3 is 14.8 Å². The maximum atomic E-state index is 12.3. The predicted molar refractivity (Wildman–Crippen MR) is 61.8 cm³/mol. The Bertz CT molecular complexity index is 446. The van der Waals surface area contributed by atoms with Crippen molar-refractivity contribution in [2.45, 2.75) is 18.6 Å². The molecule has 0 spiro atoms. The summed E-state index contributed by atoms with van der Waals surface area (Å²) >= 11 is 0. The zero-order chi connectivity index (χ0) is 16.1. The van der Waals surface area contributed by atoms with E-state index in [1.807, 2.05) is 0 Å². The van der Waals surface area contributed by atoms with Gasteiger partial charge in [-0.15, -0.1) is 13.2 Å². The Hall–Kier alpha value is -1.48. The van der Waals surface area contributed by atoms with Crippen LogP contribution in [0.3, 0.4) is 0 Å². The Balaban J connectivity index is 2.80. The standard InChI is InChI=1S/C12H13F6NO2/c1-19-9(6-20-7-11(13,14)15)8-4-2-3-5-10(8)21-12(16,17)18/h2-5,9,19H,6-7H2,1H3. The van der Waals surface area contributed by atoms with E-state index >= 15 is 0 Å². The number of halogens is 6. The van der Waals surface area contributed by atoms with Crippen molar-refractivity contribution in [3.8, 4) is 5.75 Å². The number of benzene rings is 1. The van der Waals surface area contributed by atoms with E-state index in [0.717, 1.165) is 6.07 Å². The van der Waals surface area contributed by atoms with Crippen LogP contribution in [0.15, 0.2) is 24.3 Å². The molecular weight excluding hydrogens is 304 g/mol. The molecule has 0 amide bonds. The summed E-state index contributed by atoms with van der Waals surface area (Å²) in [5.74, 6) is -0.486. The number of rotatable bonds is 6. The van der Waals surface area contributed by atoms with Gasteiger partial charge in [0, 0.05) is 5.56 Å². The van der Waals surface area contributed by atoms with Gasteiger partial charge in [0.2, 0.25) is 0 Å². The van der Waals surface area contributed by atoms with Crippen LogP contribution in [0.4, 0.5) is 26.3 Å². The summed E-state index contributed by atoms with van der Waals surface area (Å²) in [4.78, 5) is 0. The Morgan fingerprint density at radius 1 is 1.10 bits per heavy atom. The molecule has 120 valence electrons. The van der Waals surface area contributed by atoms with Crippen LogP contribution in [-0.4, -0.2) is 32.8 Å². The van der Waals surface area contributed by atoms with Gasteiger partial charge in [-0.3, -0.25) is 0 Å².